The van der Waals surface area contributed by atoms with Crippen LogP contribution in [0.1, 0.15) is 73.6 Å². The standard InChI is InChI=1S/C18H36N2O2/c1-7-9-15(12-19-17(21)22-18(4,5)6)20-16-13(2)10-8-11-14(16)3/h13-16,20H,7-12H2,1-6H3,(H,19,21). The number of nitrogens with one attached hydrogen (secondary N) is 2. The van der Waals surface area contributed by atoms with E-state index in [9.17, 15) is 4.79 Å². The van der Waals surface area contributed by atoms with Crippen LogP contribution in [0, 0.1) is 11.8 Å². The van der Waals surface area contributed by atoms with Gasteiger partial charge in [-0.05, 0) is 51.9 Å². The fraction of sp³-hybridized carbons (Fsp3) is 0.944. The quantitative estimate of drug-likeness (QED) is 0.776. The molecule has 0 heterocycles. The predicted molar refractivity (Wildman–Crippen MR) is 92.0 cm³/mol. The van der Waals surface area contributed by atoms with E-state index in [0.29, 0.717) is 30.5 Å². The highest BCUT2D eigenvalue weighted by atomic mass is 16.6. The minimum absolute atomic E-state index is 0.319. The lowest BCUT2D eigenvalue weighted by molar-refractivity contribution is 0.0518. The van der Waals surface area contributed by atoms with Crippen LogP contribution in [0.25, 0.3) is 0 Å². The third-order valence-corrected chi connectivity index (χ3v) is 4.50. The molecule has 1 fully saturated rings. The number of ether oxygens (including phenoxy) is 1. The predicted octanol–water partition coefficient (Wildman–Crippen LogP) is 4.09. The molecule has 0 aromatic heterocycles. The maximum absolute atomic E-state index is 11.8. The van der Waals surface area contributed by atoms with Crippen LogP contribution in [0.2, 0.25) is 0 Å². The first-order valence-corrected chi connectivity index (χ1v) is 8.95. The summed E-state index contributed by atoms with van der Waals surface area (Å²) in [4.78, 5) is 11.8. The lowest BCUT2D eigenvalue weighted by Crippen LogP contribution is -2.51. The van der Waals surface area contributed by atoms with Gasteiger partial charge < -0.3 is 15.4 Å². The summed E-state index contributed by atoms with van der Waals surface area (Å²) in [6.45, 7) is 13.2. The zero-order valence-corrected chi connectivity index (χ0v) is 15.4. The van der Waals surface area contributed by atoms with E-state index in [1.807, 2.05) is 20.8 Å². The summed E-state index contributed by atoms with van der Waals surface area (Å²) < 4.78 is 5.32. The van der Waals surface area contributed by atoms with E-state index in [-0.39, 0.29) is 6.09 Å². The summed E-state index contributed by atoms with van der Waals surface area (Å²) >= 11 is 0. The summed E-state index contributed by atoms with van der Waals surface area (Å²) in [7, 11) is 0. The Kier molecular flexibility index (Phi) is 7.67. The lowest BCUT2D eigenvalue weighted by atomic mass is 9.78. The summed E-state index contributed by atoms with van der Waals surface area (Å²) in [6, 6.07) is 0.885. The van der Waals surface area contributed by atoms with Gasteiger partial charge in [0.1, 0.15) is 5.60 Å². The Labute approximate surface area is 136 Å². The molecule has 3 atom stereocenters. The molecule has 0 aromatic carbocycles. The number of hydrogen-bond acceptors (Lipinski definition) is 3. The first-order chi connectivity index (χ1) is 10.2. The smallest absolute Gasteiger partial charge is 0.407 e. The first-order valence-electron chi connectivity index (χ1n) is 8.95. The van der Waals surface area contributed by atoms with Crippen molar-refractivity contribution in [1.29, 1.82) is 0 Å². The van der Waals surface area contributed by atoms with Gasteiger partial charge in [0.15, 0.2) is 0 Å². The van der Waals surface area contributed by atoms with Crippen molar-refractivity contribution < 1.29 is 9.53 Å². The van der Waals surface area contributed by atoms with E-state index in [0.717, 1.165) is 12.8 Å². The average Bonchev–Trinajstić information content (AvgIpc) is 2.38. The van der Waals surface area contributed by atoms with Gasteiger partial charge in [0, 0.05) is 18.6 Å². The van der Waals surface area contributed by atoms with Crippen LogP contribution in [0.5, 0.6) is 0 Å². The van der Waals surface area contributed by atoms with E-state index < -0.39 is 5.60 Å². The minimum Gasteiger partial charge on any atom is -0.444 e. The molecule has 0 radical (unpaired) electrons. The Morgan fingerprint density at radius 1 is 1.23 bits per heavy atom. The number of amides is 1. The summed E-state index contributed by atoms with van der Waals surface area (Å²) in [5.74, 6) is 1.43. The highest BCUT2D eigenvalue weighted by molar-refractivity contribution is 5.67. The molecular weight excluding hydrogens is 276 g/mol. The molecule has 0 saturated heterocycles. The monoisotopic (exact) mass is 312 g/mol. The van der Waals surface area contributed by atoms with E-state index in [2.05, 4.69) is 31.4 Å². The number of alkyl carbamates (subject to hydrolysis) is 1. The Balaban J connectivity index is 2.49. The average molecular weight is 312 g/mol. The largest absolute Gasteiger partial charge is 0.444 e. The fourth-order valence-electron chi connectivity index (χ4n) is 3.40. The van der Waals surface area contributed by atoms with E-state index in [1.54, 1.807) is 0 Å². The van der Waals surface area contributed by atoms with Crippen LogP contribution in [0.4, 0.5) is 4.79 Å². The van der Waals surface area contributed by atoms with Gasteiger partial charge in [-0.1, -0.05) is 33.6 Å². The van der Waals surface area contributed by atoms with E-state index >= 15 is 0 Å². The molecule has 1 aliphatic rings. The zero-order valence-electron chi connectivity index (χ0n) is 15.4. The van der Waals surface area contributed by atoms with Crippen LogP contribution < -0.4 is 10.6 Å². The molecule has 0 spiro atoms. The van der Waals surface area contributed by atoms with E-state index in [1.165, 1.54) is 19.3 Å². The molecule has 1 aliphatic carbocycles. The molecule has 0 bridgehead atoms. The molecule has 1 saturated carbocycles. The van der Waals surface area contributed by atoms with Crippen LogP contribution in [-0.2, 0) is 4.74 Å². The highest BCUT2D eigenvalue weighted by Gasteiger charge is 2.29. The van der Waals surface area contributed by atoms with Gasteiger partial charge in [0.2, 0.25) is 0 Å². The Morgan fingerprint density at radius 2 is 1.82 bits per heavy atom. The van der Waals surface area contributed by atoms with Crippen molar-refractivity contribution in [2.75, 3.05) is 6.54 Å². The second-order valence-electron chi connectivity index (χ2n) is 7.95. The number of carbonyl (C=O) groups is 1. The fourth-order valence-corrected chi connectivity index (χ4v) is 3.40. The molecule has 4 heteroatoms. The van der Waals surface area contributed by atoms with Gasteiger partial charge in [-0.2, -0.15) is 0 Å². The van der Waals surface area contributed by atoms with Crippen molar-refractivity contribution in [1.82, 2.24) is 10.6 Å². The molecule has 130 valence electrons. The van der Waals surface area contributed by atoms with Gasteiger partial charge >= 0.3 is 6.09 Å². The summed E-state index contributed by atoms with van der Waals surface area (Å²) in [6.07, 6.45) is 5.82. The SMILES string of the molecule is CCCC(CNC(=O)OC(C)(C)C)NC1C(C)CCCC1C. The summed E-state index contributed by atoms with van der Waals surface area (Å²) in [5, 5.41) is 6.72. The van der Waals surface area contributed by atoms with Crippen molar-refractivity contribution >= 4 is 6.09 Å². The molecule has 22 heavy (non-hydrogen) atoms. The topological polar surface area (TPSA) is 50.4 Å². The normalized spacial score (nSPS) is 27.3. The van der Waals surface area contributed by atoms with Crippen molar-refractivity contribution in [3.63, 3.8) is 0 Å². The maximum Gasteiger partial charge on any atom is 0.407 e. The molecule has 0 aliphatic heterocycles. The molecule has 0 aromatic rings. The van der Waals surface area contributed by atoms with Crippen LogP contribution >= 0.6 is 0 Å². The molecule has 3 unspecified atom stereocenters. The number of carbonyl (C=O) groups excluding carboxylic acids is 1. The second-order valence-corrected chi connectivity index (χ2v) is 7.95. The van der Waals surface area contributed by atoms with Crippen LogP contribution in [0.15, 0.2) is 0 Å². The molecule has 4 nitrogen and oxygen atoms in total. The Hall–Kier alpha value is -0.770. The van der Waals surface area contributed by atoms with E-state index in [4.69, 9.17) is 4.74 Å². The highest BCUT2D eigenvalue weighted by Crippen LogP contribution is 2.29. The van der Waals surface area contributed by atoms with Gasteiger partial charge in [-0.3, -0.25) is 0 Å². The number of rotatable bonds is 6. The summed E-state index contributed by atoms with van der Waals surface area (Å²) in [5.41, 5.74) is -0.440. The van der Waals surface area contributed by atoms with Crippen LogP contribution in [0.3, 0.4) is 0 Å². The second kappa shape index (κ2) is 8.76. The van der Waals surface area contributed by atoms with Gasteiger partial charge in [0.25, 0.3) is 0 Å². The molecule has 1 rings (SSSR count). The lowest BCUT2D eigenvalue weighted by Gasteiger charge is -2.38. The van der Waals surface area contributed by atoms with Crippen molar-refractivity contribution in [3.05, 3.63) is 0 Å². The van der Waals surface area contributed by atoms with Gasteiger partial charge in [-0.15, -0.1) is 0 Å². The minimum atomic E-state index is -0.440. The van der Waals surface area contributed by atoms with Crippen molar-refractivity contribution in [3.8, 4) is 0 Å². The van der Waals surface area contributed by atoms with Crippen LogP contribution in [-0.4, -0.2) is 30.3 Å². The molecule has 2 N–H and O–H groups in total. The van der Waals surface area contributed by atoms with Gasteiger partial charge in [-0.25, -0.2) is 4.79 Å². The van der Waals surface area contributed by atoms with Gasteiger partial charge in [0.05, 0.1) is 0 Å². The van der Waals surface area contributed by atoms with Crippen molar-refractivity contribution in [2.24, 2.45) is 11.8 Å². The molecule has 1 amide bonds. The number of hydrogen-bond donors (Lipinski definition) is 2. The third kappa shape index (κ3) is 6.99. The maximum atomic E-state index is 11.8. The zero-order chi connectivity index (χ0) is 16.8. The Bertz CT molecular complexity index is 328. The first kappa shape index (κ1) is 19.3. The molecular formula is C18H36N2O2. The Morgan fingerprint density at radius 3 is 2.32 bits per heavy atom. The van der Waals surface area contributed by atoms with Crippen molar-refractivity contribution in [2.45, 2.75) is 91.3 Å². The third-order valence-electron chi connectivity index (χ3n) is 4.50.